The molecular formula is C17H25ClN2O. The third-order valence-corrected chi connectivity index (χ3v) is 4.43. The minimum absolute atomic E-state index is 0.0126. The van der Waals surface area contributed by atoms with Crippen LogP contribution in [0.4, 0.5) is 4.79 Å². The quantitative estimate of drug-likeness (QED) is 0.774. The highest BCUT2D eigenvalue weighted by Crippen LogP contribution is 2.28. The minimum Gasteiger partial charge on any atom is -0.338 e. The molecule has 116 valence electrons. The Labute approximate surface area is 132 Å². The molecule has 0 heterocycles. The van der Waals surface area contributed by atoms with Gasteiger partial charge in [-0.1, -0.05) is 49.4 Å². The Hall–Kier alpha value is -1.22. The van der Waals surface area contributed by atoms with Crippen molar-refractivity contribution in [1.82, 2.24) is 10.2 Å². The van der Waals surface area contributed by atoms with Gasteiger partial charge in [-0.05, 0) is 36.5 Å². The lowest BCUT2D eigenvalue weighted by atomic mass is 10.0. The zero-order chi connectivity index (χ0) is 15.1. The number of amides is 2. The van der Waals surface area contributed by atoms with E-state index in [0.717, 1.165) is 24.4 Å². The van der Waals surface area contributed by atoms with Crippen molar-refractivity contribution in [2.75, 3.05) is 13.6 Å². The van der Waals surface area contributed by atoms with Gasteiger partial charge in [0.15, 0.2) is 0 Å². The summed E-state index contributed by atoms with van der Waals surface area (Å²) in [4.78, 5) is 13.7. The van der Waals surface area contributed by atoms with E-state index in [4.69, 9.17) is 11.6 Å². The molecule has 0 bridgehead atoms. The lowest BCUT2D eigenvalue weighted by Crippen LogP contribution is -2.37. The summed E-state index contributed by atoms with van der Waals surface area (Å²) >= 11 is 5.95. The molecule has 0 radical (unpaired) electrons. The molecule has 1 aliphatic carbocycles. The van der Waals surface area contributed by atoms with Crippen LogP contribution in [0.25, 0.3) is 0 Å². The Morgan fingerprint density at radius 1 is 1.38 bits per heavy atom. The van der Waals surface area contributed by atoms with E-state index in [2.05, 4.69) is 5.32 Å². The highest BCUT2D eigenvalue weighted by Gasteiger charge is 2.14. The Bertz CT molecular complexity index is 458. The standard InChI is InChI=1S/C17H25ClN2O/c1-20(13-15-8-4-10-16(18)12-15)17(21)19-11-5-9-14-6-2-3-7-14/h4,8,10,12,14H,2-3,5-7,9,11,13H2,1H3,(H,19,21). The van der Waals surface area contributed by atoms with Crippen LogP contribution >= 0.6 is 11.6 Å². The Morgan fingerprint density at radius 2 is 2.14 bits per heavy atom. The average Bonchev–Trinajstić information content (AvgIpc) is 2.96. The highest BCUT2D eigenvalue weighted by atomic mass is 35.5. The summed E-state index contributed by atoms with van der Waals surface area (Å²) in [5, 5.41) is 3.70. The van der Waals surface area contributed by atoms with Crippen LogP contribution in [0.3, 0.4) is 0 Å². The molecule has 0 aromatic heterocycles. The maximum atomic E-state index is 12.0. The van der Waals surface area contributed by atoms with E-state index in [1.54, 1.807) is 4.90 Å². The van der Waals surface area contributed by atoms with Crippen molar-refractivity contribution in [3.05, 3.63) is 34.9 Å². The van der Waals surface area contributed by atoms with Crippen LogP contribution in [0.1, 0.15) is 44.1 Å². The molecule has 0 aliphatic heterocycles. The number of hydrogen-bond acceptors (Lipinski definition) is 1. The smallest absolute Gasteiger partial charge is 0.317 e. The fraction of sp³-hybridized carbons (Fsp3) is 0.588. The minimum atomic E-state index is -0.0126. The molecule has 1 aromatic rings. The molecule has 0 spiro atoms. The molecule has 2 amide bonds. The van der Waals surface area contributed by atoms with Gasteiger partial charge in [-0.2, -0.15) is 0 Å². The Balaban J connectivity index is 1.65. The van der Waals surface area contributed by atoms with Gasteiger partial charge >= 0.3 is 6.03 Å². The number of nitrogens with zero attached hydrogens (tertiary/aromatic N) is 1. The van der Waals surface area contributed by atoms with E-state index in [1.165, 1.54) is 32.1 Å². The van der Waals surface area contributed by atoms with Gasteiger partial charge in [-0.15, -0.1) is 0 Å². The van der Waals surface area contributed by atoms with Crippen molar-refractivity contribution in [1.29, 1.82) is 0 Å². The number of halogens is 1. The van der Waals surface area contributed by atoms with Crippen molar-refractivity contribution in [3.8, 4) is 0 Å². The molecule has 2 rings (SSSR count). The molecule has 4 heteroatoms. The van der Waals surface area contributed by atoms with Gasteiger partial charge in [0.25, 0.3) is 0 Å². The van der Waals surface area contributed by atoms with E-state index >= 15 is 0 Å². The maximum Gasteiger partial charge on any atom is 0.317 e. The molecule has 1 fully saturated rings. The predicted molar refractivity (Wildman–Crippen MR) is 87.5 cm³/mol. The SMILES string of the molecule is CN(Cc1cccc(Cl)c1)C(=O)NCCCC1CCCC1. The number of urea groups is 1. The van der Waals surface area contributed by atoms with Crippen LogP contribution < -0.4 is 5.32 Å². The third kappa shape index (κ3) is 5.58. The fourth-order valence-electron chi connectivity index (χ4n) is 3.00. The number of nitrogens with one attached hydrogen (secondary N) is 1. The van der Waals surface area contributed by atoms with Crippen LogP contribution in [0.15, 0.2) is 24.3 Å². The van der Waals surface area contributed by atoms with Crippen molar-refractivity contribution in [2.45, 2.75) is 45.1 Å². The Kier molecular flexibility index (Phi) is 6.37. The van der Waals surface area contributed by atoms with Gasteiger partial charge < -0.3 is 10.2 Å². The number of hydrogen-bond donors (Lipinski definition) is 1. The molecule has 0 atom stereocenters. The summed E-state index contributed by atoms with van der Waals surface area (Å²) in [5.74, 6) is 0.895. The topological polar surface area (TPSA) is 32.3 Å². The molecule has 0 saturated heterocycles. The largest absolute Gasteiger partial charge is 0.338 e. The molecular weight excluding hydrogens is 284 g/mol. The molecule has 1 aromatic carbocycles. The van der Waals surface area contributed by atoms with Gasteiger partial charge in [-0.25, -0.2) is 4.79 Å². The second-order valence-corrected chi connectivity index (χ2v) is 6.45. The van der Waals surface area contributed by atoms with E-state index in [1.807, 2.05) is 31.3 Å². The molecule has 0 unspecified atom stereocenters. The van der Waals surface area contributed by atoms with Crippen molar-refractivity contribution in [2.24, 2.45) is 5.92 Å². The van der Waals surface area contributed by atoms with E-state index in [-0.39, 0.29) is 6.03 Å². The predicted octanol–water partition coefficient (Wildman–Crippen LogP) is 4.45. The van der Waals surface area contributed by atoms with Crippen LogP contribution in [0.2, 0.25) is 5.02 Å². The highest BCUT2D eigenvalue weighted by molar-refractivity contribution is 6.30. The zero-order valence-electron chi connectivity index (χ0n) is 12.8. The molecule has 1 saturated carbocycles. The lowest BCUT2D eigenvalue weighted by molar-refractivity contribution is 0.206. The number of carbonyl (C=O) groups is 1. The normalized spacial score (nSPS) is 15.1. The first-order valence-corrected chi connectivity index (χ1v) is 8.26. The third-order valence-electron chi connectivity index (χ3n) is 4.20. The van der Waals surface area contributed by atoms with Crippen molar-refractivity contribution >= 4 is 17.6 Å². The van der Waals surface area contributed by atoms with Gasteiger partial charge in [0.2, 0.25) is 0 Å². The molecule has 1 N–H and O–H groups in total. The van der Waals surface area contributed by atoms with Crippen LogP contribution in [-0.2, 0) is 6.54 Å². The second-order valence-electron chi connectivity index (χ2n) is 6.01. The van der Waals surface area contributed by atoms with Gasteiger partial charge in [0, 0.05) is 25.2 Å². The summed E-state index contributed by atoms with van der Waals surface area (Å²) in [6.45, 7) is 1.35. The summed E-state index contributed by atoms with van der Waals surface area (Å²) < 4.78 is 0. The van der Waals surface area contributed by atoms with Crippen LogP contribution in [0.5, 0.6) is 0 Å². The number of rotatable bonds is 6. The number of carbonyl (C=O) groups excluding carboxylic acids is 1. The monoisotopic (exact) mass is 308 g/mol. The zero-order valence-corrected chi connectivity index (χ0v) is 13.5. The van der Waals surface area contributed by atoms with E-state index < -0.39 is 0 Å². The van der Waals surface area contributed by atoms with Crippen molar-refractivity contribution in [3.63, 3.8) is 0 Å². The number of benzene rings is 1. The first-order chi connectivity index (χ1) is 10.1. The van der Waals surface area contributed by atoms with E-state index in [0.29, 0.717) is 11.6 Å². The summed E-state index contributed by atoms with van der Waals surface area (Å²) in [7, 11) is 1.81. The van der Waals surface area contributed by atoms with Crippen LogP contribution in [0, 0.1) is 5.92 Å². The molecule has 21 heavy (non-hydrogen) atoms. The van der Waals surface area contributed by atoms with Crippen molar-refractivity contribution < 1.29 is 4.79 Å². The Morgan fingerprint density at radius 3 is 2.86 bits per heavy atom. The molecule has 3 nitrogen and oxygen atoms in total. The average molecular weight is 309 g/mol. The second kappa shape index (κ2) is 8.28. The van der Waals surface area contributed by atoms with E-state index in [9.17, 15) is 4.79 Å². The fourth-order valence-corrected chi connectivity index (χ4v) is 3.21. The van der Waals surface area contributed by atoms with Gasteiger partial charge in [0.05, 0.1) is 0 Å². The first-order valence-electron chi connectivity index (χ1n) is 7.88. The van der Waals surface area contributed by atoms with Gasteiger partial charge in [0.1, 0.15) is 0 Å². The lowest BCUT2D eigenvalue weighted by Gasteiger charge is -2.18. The van der Waals surface area contributed by atoms with Crippen LogP contribution in [-0.4, -0.2) is 24.5 Å². The maximum absolute atomic E-state index is 12.0. The molecule has 1 aliphatic rings. The summed E-state index contributed by atoms with van der Waals surface area (Å²) in [6.07, 6.45) is 7.86. The van der Waals surface area contributed by atoms with Gasteiger partial charge in [-0.3, -0.25) is 0 Å². The summed E-state index contributed by atoms with van der Waals surface area (Å²) in [6, 6.07) is 7.61. The summed E-state index contributed by atoms with van der Waals surface area (Å²) in [5.41, 5.74) is 1.05. The first kappa shape index (κ1) is 16.2.